The second-order valence-electron chi connectivity index (χ2n) is 1.90. The number of nitrogens with two attached hydrogens (primary N) is 1. The number of hydrogen-bond donors (Lipinski definition) is 1. The van der Waals surface area contributed by atoms with Crippen molar-refractivity contribution in [1.29, 1.82) is 0 Å². The molecule has 1 heterocycles. The van der Waals surface area contributed by atoms with Gasteiger partial charge in [0.1, 0.15) is 0 Å². The van der Waals surface area contributed by atoms with Crippen LogP contribution in [0, 0.1) is 0 Å². The Hall–Kier alpha value is -1.10. The third-order valence-electron chi connectivity index (χ3n) is 1.09. The van der Waals surface area contributed by atoms with Crippen molar-refractivity contribution in [3.63, 3.8) is 0 Å². The predicted molar refractivity (Wildman–Crippen MR) is 41.4 cm³/mol. The lowest BCUT2D eigenvalue weighted by atomic mass is 10.4. The van der Waals surface area contributed by atoms with E-state index in [2.05, 4.69) is 9.72 Å². The van der Waals surface area contributed by atoms with E-state index in [-0.39, 0.29) is 0 Å². The summed E-state index contributed by atoms with van der Waals surface area (Å²) in [6, 6.07) is 0. The number of thiazole rings is 1. The molecule has 0 fully saturated rings. The fraction of sp³-hybridized carbons (Fsp3) is 0.333. The molecule has 0 bridgehead atoms. The molecule has 5 heteroatoms. The van der Waals surface area contributed by atoms with Gasteiger partial charge in [-0.15, -0.1) is 11.3 Å². The highest BCUT2D eigenvalue weighted by molar-refractivity contribution is 7.07. The summed E-state index contributed by atoms with van der Waals surface area (Å²) in [5.74, 6) is 0. The largest absolute Gasteiger partial charge is 0.449 e. The lowest BCUT2D eigenvalue weighted by Crippen LogP contribution is -2.14. The van der Waals surface area contributed by atoms with Crippen molar-refractivity contribution < 1.29 is 9.53 Å². The van der Waals surface area contributed by atoms with E-state index in [0.29, 0.717) is 13.0 Å². The Morgan fingerprint density at radius 1 is 1.82 bits per heavy atom. The zero-order valence-electron chi connectivity index (χ0n) is 5.82. The molecule has 0 spiro atoms. The van der Waals surface area contributed by atoms with E-state index in [1.807, 2.05) is 5.38 Å². The van der Waals surface area contributed by atoms with Crippen LogP contribution in [0.3, 0.4) is 0 Å². The predicted octanol–water partition coefficient (Wildman–Crippen LogP) is 0.781. The van der Waals surface area contributed by atoms with Gasteiger partial charge in [0.05, 0.1) is 17.8 Å². The summed E-state index contributed by atoms with van der Waals surface area (Å²) in [7, 11) is 0. The third kappa shape index (κ3) is 2.99. The Balaban J connectivity index is 2.19. The minimum Gasteiger partial charge on any atom is -0.449 e. The molecule has 0 aliphatic rings. The van der Waals surface area contributed by atoms with Crippen LogP contribution in [0.15, 0.2) is 10.9 Å². The maximum Gasteiger partial charge on any atom is 0.404 e. The average molecular weight is 172 g/mol. The smallest absolute Gasteiger partial charge is 0.404 e. The van der Waals surface area contributed by atoms with Gasteiger partial charge in [-0.05, 0) is 0 Å². The first-order chi connectivity index (χ1) is 5.29. The number of primary amides is 1. The topological polar surface area (TPSA) is 65.2 Å². The van der Waals surface area contributed by atoms with Gasteiger partial charge in [-0.2, -0.15) is 0 Å². The highest BCUT2D eigenvalue weighted by atomic mass is 32.1. The third-order valence-corrected chi connectivity index (χ3v) is 1.72. The summed E-state index contributed by atoms with van der Waals surface area (Å²) < 4.78 is 4.52. The SMILES string of the molecule is NC(=O)OCCc1cscn1. The van der Waals surface area contributed by atoms with Crippen LogP contribution in [0.25, 0.3) is 0 Å². The van der Waals surface area contributed by atoms with Gasteiger partial charge < -0.3 is 10.5 Å². The van der Waals surface area contributed by atoms with Crippen molar-refractivity contribution >= 4 is 17.4 Å². The second-order valence-corrected chi connectivity index (χ2v) is 2.62. The molecule has 0 aliphatic carbocycles. The monoisotopic (exact) mass is 172 g/mol. The van der Waals surface area contributed by atoms with Gasteiger partial charge in [-0.1, -0.05) is 0 Å². The van der Waals surface area contributed by atoms with Gasteiger partial charge in [-0.3, -0.25) is 0 Å². The molecular formula is C6H8N2O2S. The summed E-state index contributed by atoms with van der Waals surface area (Å²) in [6.07, 6.45) is -0.105. The van der Waals surface area contributed by atoms with Gasteiger partial charge in [0.2, 0.25) is 0 Å². The number of carbonyl (C=O) groups excluding carboxylic acids is 1. The summed E-state index contributed by atoms with van der Waals surface area (Å²) in [6.45, 7) is 0.305. The maximum atomic E-state index is 10.1. The Kier molecular flexibility index (Phi) is 2.85. The van der Waals surface area contributed by atoms with E-state index in [1.165, 1.54) is 11.3 Å². The van der Waals surface area contributed by atoms with Gasteiger partial charge in [0.15, 0.2) is 0 Å². The molecule has 0 aliphatic heterocycles. The van der Waals surface area contributed by atoms with E-state index in [1.54, 1.807) is 5.51 Å². The fourth-order valence-electron chi connectivity index (χ4n) is 0.617. The first-order valence-electron chi connectivity index (χ1n) is 3.08. The number of hydrogen-bond acceptors (Lipinski definition) is 4. The fourth-order valence-corrected chi connectivity index (χ4v) is 1.21. The number of carbonyl (C=O) groups is 1. The molecule has 4 nitrogen and oxygen atoms in total. The van der Waals surface area contributed by atoms with E-state index in [9.17, 15) is 4.79 Å². The Morgan fingerprint density at radius 3 is 3.18 bits per heavy atom. The second kappa shape index (κ2) is 3.92. The highest BCUT2D eigenvalue weighted by Gasteiger charge is 1.96. The van der Waals surface area contributed by atoms with Gasteiger partial charge in [0, 0.05) is 11.8 Å². The normalized spacial score (nSPS) is 9.45. The van der Waals surface area contributed by atoms with Crippen molar-refractivity contribution in [2.24, 2.45) is 5.73 Å². The molecule has 11 heavy (non-hydrogen) atoms. The molecule has 1 amide bonds. The molecular weight excluding hydrogens is 164 g/mol. The lowest BCUT2D eigenvalue weighted by Gasteiger charge is -1.97. The van der Waals surface area contributed by atoms with Crippen LogP contribution >= 0.6 is 11.3 Å². The molecule has 1 rings (SSSR count). The first kappa shape index (κ1) is 8.00. The van der Waals surface area contributed by atoms with Crippen LogP contribution in [0.4, 0.5) is 4.79 Å². The van der Waals surface area contributed by atoms with E-state index >= 15 is 0 Å². The van der Waals surface area contributed by atoms with Crippen LogP contribution in [-0.2, 0) is 11.2 Å². The molecule has 1 aromatic rings. The Bertz CT molecular complexity index is 222. The average Bonchev–Trinajstić information content (AvgIpc) is 2.39. The number of amides is 1. The number of rotatable bonds is 3. The molecule has 0 atom stereocenters. The molecule has 0 aromatic carbocycles. The van der Waals surface area contributed by atoms with E-state index < -0.39 is 6.09 Å². The van der Waals surface area contributed by atoms with Crippen molar-refractivity contribution in [1.82, 2.24) is 4.98 Å². The Labute approximate surface area is 68.0 Å². The summed E-state index contributed by atoms with van der Waals surface area (Å²) in [5.41, 5.74) is 7.42. The molecule has 0 unspecified atom stereocenters. The van der Waals surface area contributed by atoms with Crippen LogP contribution in [0.2, 0.25) is 0 Å². The van der Waals surface area contributed by atoms with E-state index in [4.69, 9.17) is 5.73 Å². The van der Waals surface area contributed by atoms with Crippen molar-refractivity contribution in [3.05, 3.63) is 16.6 Å². The minimum absolute atomic E-state index is 0.305. The standard InChI is InChI=1S/C6H8N2O2S/c7-6(9)10-2-1-5-3-11-4-8-5/h3-4H,1-2H2,(H2,7,9). The van der Waals surface area contributed by atoms with Crippen LogP contribution in [0.1, 0.15) is 5.69 Å². The molecule has 2 N–H and O–H groups in total. The molecule has 0 radical (unpaired) electrons. The zero-order chi connectivity index (χ0) is 8.10. The highest BCUT2D eigenvalue weighted by Crippen LogP contribution is 2.01. The van der Waals surface area contributed by atoms with Crippen LogP contribution in [-0.4, -0.2) is 17.7 Å². The van der Waals surface area contributed by atoms with Gasteiger partial charge >= 0.3 is 6.09 Å². The maximum absolute atomic E-state index is 10.1. The first-order valence-corrected chi connectivity index (χ1v) is 4.02. The van der Waals surface area contributed by atoms with Crippen LogP contribution in [0.5, 0.6) is 0 Å². The molecule has 0 saturated carbocycles. The van der Waals surface area contributed by atoms with E-state index in [0.717, 1.165) is 5.69 Å². The summed E-state index contributed by atoms with van der Waals surface area (Å²) in [4.78, 5) is 14.1. The summed E-state index contributed by atoms with van der Waals surface area (Å²) in [5, 5.41) is 1.91. The summed E-state index contributed by atoms with van der Waals surface area (Å²) >= 11 is 1.52. The lowest BCUT2D eigenvalue weighted by molar-refractivity contribution is 0.158. The minimum atomic E-state index is -0.736. The molecule has 0 saturated heterocycles. The van der Waals surface area contributed by atoms with Crippen molar-refractivity contribution in [2.45, 2.75) is 6.42 Å². The van der Waals surface area contributed by atoms with Gasteiger partial charge in [-0.25, -0.2) is 9.78 Å². The van der Waals surface area contributed by atoms with Crippen LogP contribution < -0.4 is 5.73 Å². The van der Waals surface area contributed by atoms with Crippen molar-refractivity contribution in [2.75, 3.05) is 6.61 Å². The zero-order valence-corrected chi connectivity index (χ0v) is 6.63. The van der Waals surface area contributed by atoms with Crippen molar-refractivity contribution in [3.8, 4) is 0 Å². The number of aromatic nitrogens is 1. The quantitative estimate of drug-likeness (QED) is 0.732. The molecule has 60 valence electrons. The number of ether oxygens (including phenoxy) is 1. The Morgan fingerprint density at radius 2 is 2.64 bits per heavy atom. The van der Waals surface area contributed by atoms with Gasteiger partial charge in [0.25, 0.3) is 0 Å². The number of nitrogens with zero attached hydrogens (tertiary/aromatic N) is 1. The molecule has 1 aromatic heterocycles.